The smallest absolute Gasteiger partial charge is 0.123 e. The van der Waals surface area contributed by atoms with E-state index in [-0.39, 0.29) is 11.9 Å². The number of rotatable bonds is 3. The molecule has 1 nitrogen and oxygen atoms in total. The van der Waals surface area contributed by atoms with Crippen LogP contribution in [0.5, 0.6) is 0 Å². The minimum Gasteiger partial charge on any atom is -0.324 e. The normalized spacial score (nSPS) is 17.9. The lowest BCUT2D eigenvalue weighted by Gasteiger charge is -2.17. The van der Waals surface area contributed by atoms with E-state index >= 15 is 0 Å². The van der Waals surface area contributed by atoms with Crippen LogP contribution in [0.25, 0.3) is 0 Å². The fourth-order valence-corrected chi connectivity index (χ4v) is 2.34. The molecule has 0 saturated heterocycles. The van der Waals surface area contributed by atoms with Gasteiger partial charge in [0.05, 0.1) is 0 Å². The molecule has 82 valence electrons. The molecule has 1 aliphatic rings. The molecule has 0 bridgehead atoms. The fourth-order valence-electron chi connectivity index (χ4n) is 2.34. The van der Waals surface area contributed by atoms with Crippen LogP contribution in [0.4, 0.5) is 4.39 Å². The number of nitrogens with two attached hydrogens (primary N) is 1. The first kappa shape index (κ1) is 10.6. The van der Waals surface area contributed by atoms with Crippen molar-refractivity contribution in [3.8, 4) is 0 Å². The Morgan fingerprint density at radius 3 is 2.33 bits per heavy atom. The van der Waals surface area contributed by atoms with Gasteiger partial charge in [-0.15, -0.1) is 0 Å². The highest BCUT2D eigenvalue weighted by Gasteiger charge is 2.25. The summed E-state index contributed by atoms with van der Waals surface area (Å²) in [6.07, 6.45) is 3.67. The Kier molecular flexibility index (Phi) is 2.79. The highest BCUT2D eigenvalue weighted by molar-refractivity contribution is 5.36. The first-order valence-electron chi connectivity index (χ1n) is 5.60. The van der Waals surface area contributed by atoms with Crippen LogP contribution in [0.2, 0.25) is 0 Å². The van der Waals surface area contributed by atoms with E-state index in [2.05, 4.69) is 0 Å². The van der Waals surface area contributed by atoms with Gasteiger partial charge in [-0.05, 0) is 55.0 Å². The zero-order valence-corrected chi connectivity index (χ0v) is 9.39. The Balaban J connectivity index is 2.24. The van der Waals surface area contributed by atoms with Crippen molar-refractivity contribution in [2.24, 2.45) is 11.7 Å². The Bertz CT molecular complexity index is 346. The Morgan fingerprint density at radius 2 is 1.87 bits per heavy atom. The van der Waals surface area contributed by atoms with Crippen LogP contribution >= 0.6 is 0 Å². The van der Waals surface area contributed by atoms with Crippen LogP contribution in [0, 0.1) is 25.6 Å². The van der Waals surface area contributed by atoms with Crippen LogP contribution in [-0.2, 0) is 0 Å². The van der Waals surface area contributed by atoms with Crippen LogP contribution in [0.15, 0.2) is 12.1 Å². The van der Waals surface area contributed by atoms with E-state index in [1.165, 1.54) is 12.8 Å². The van der Waals surface area contributed by atoms with Gasteiger partial charge in [0.15, 0.2) is 0 Å². The van der Waals surface area contributed by atoms with E-state index in [9.17, 15) is 4.39 Å². The third-order valence-electron chi connectivity index (χ3n) is 3.21. The highest BCUT2D eigenvalue weighted by Crippen LogP contribution is 2.38. The van der Waals surface area contributed by atoms with Crippen LogP contribution < -0.4 is 5.73 Å². The predicted octanol–water partition coefficient (Wildman–Crippen LogP) is 3.24. The fraction of sp³-hybridized carbons (Fsp3) is 0.538. The van der Waals surface area contributed by atoms with Crippen molar-refractivity contribution in [2.75, 3.05) is 0 Å². The third kappa shape index (κ3) is 2.37. The summed E-state index contributed by atoms with van der Waals surface area (Å²) >= 11 is 0. The largest absolute Gasteiger partial charge is 0.324 e. The van der Waals surface area contributed by atoms with Gasteiger partial charge in [0.25, 0.3) is 0 Å². The third-order valence-corrected chi connectivity index (χ3v) is 3.21. The molecular weight excluding hydrogens is 189 g/mol. The predicted molar refractivity (Wildman–Crippen MR) is 60.1 cm³/mol. The number of hydrogen-bond donors (Lipinski definition) is 1. The van der Waals surface area contributed by atoms with Crippen molar-refractivity contribution in [2.45, 2.75) is 39.2 Å². The molecule has 2 rings (SSSR count). The molecular formula is C13H18FN. The number of aryl methyl sites for hydroxylation is 2. The zero-order chi connectivity index (χ0) is 11.0. The number of hydrogen-bond acceptors (Lipinski definition) is 1. The van der Waals surface area contributed by atoms with Crippen molar-refractivity contribution >= 4 is 0 Å². The van der Waals surface area contributed by atoms with Crippen molar-refractivity contribution in [3.05, 3.63) is 34.6 Å². The molecule has 2 heteroatoms. The molecule has 1 aliphatic carbocycles. The Morgan fingerprint density at radius 1 is 1.33 bits per heavy atom. The van der Waals surface area contributed by atoms with Crippen molar-refractivity contribution in [3.63, 3.8) is 0 Å². The van der Waals surface area contributed by atoms with Gasteiger partial charge in [-0.3, -0.25) is 0 Å². The molecule has 0 aromatic heterocycles. The summed E-state index contributed by atoms with van der Waals surface area (Å²) in [5, 5.41) is 0. The molecule has 15 heavy (non-hydrogen) atoms. The average Bonchev–Trinajstić information content (AvgIpc) is 2.85. The summed E-state index contributed by atoms with van der Waals surface area (Å²) in [5.74, 6) is 0.649. The topological polar surface area (TPSA) is 26.0 Å². The molecule has 0 spiro atoms. The molecule has 1 atom stereocenters. The quantitative estimate of drug-likeness (QED) is 0.809. The van der Waals surface area contributed by atoms with Gasteiger partial charge in [-0.25, -0.2) is 4.39 Å². The lowest BCUT2D eigenvalue weighted by molar-refractivity contribution is 0.584. The first-order valence-corrected chi connectivity index (χ1v) is 5.60. The van der Waals surface area contributed by atoms with E-state index in [4.69, 9.17) is 5.73 Å². The number of halogens is 1. The molecule has 1 aromatic carbocycles. The van der Waals surface area contributed by atoms with E-state index in [0.29, 0.717) is 0 Å². The SMILES string of the molecule is Cc1cc(F)cc(C)c1C(N)CC1CC1. The van der Waals surface area contributed by atoms with Gasteiger partial charge >= 0.3 is 0 Å². The summed E-state index contributed by atoms with van der Waals surface area (Å²) in [6, 6.07) is 3.24. The number of benzene rings is 1. The van der Waals surface area contributed by atoms with Crippen LogP contribution in [0.3, 0.4) is 0 Å². The maximum Gasteiger partial charge on any atom is 0.123 e. The molecule has 1 saturated carbocycles. The Labute approximate surface area is 90.5 Å². The lowest BCUT2D eigenvalue weighted by Crippen LogP contribution is -2.14. The van der Waals surface area contributed by atoms with Crippen LogP contribution in [0.1, 0.15) is 42.0 Å². The highest BCUT2D eigenvalue weighted by atomic mass is 19.1. The van der Waals surface area contributed by atoms with E-state index < -0.39 is 0 Å². The molecule has 1 unspecified atom stereocenters. The molecule has 0 heterocycles. The molecule has 1 fully saturated rings. The maximum atomic E-state index is 13.1. The second kappa shape index (κ2) is 3.93. The van der Waals surface area contributed by atoms with Gasteiger partial charge in [0.1, 0.15) is 5.82 Å². The van der Waals surface area contributed by atoms with Crippen molar-refractivity contribution < 1.29 is 4.39 Å². The van der Waals surface area contributed by atoms with Gasteiger partial charge in [0.2, 0.25) is 0 Å². The van der Waals surface area contributed by atoms with Crippen LogP contribution in [-0.4, -0.2) is 0 Å². The summed E-state index contributed by atoms with van der Waals surface area (Å²) in [7, 11) is 0. The van der Waals surface area contributed by atoms with E-state index in [0.717, 1.165) is 29.0 Å². The second-order valence-corrected chi connectivity index (χ2v) is 4.74. The molecule has 0 radical (unpaired) electrons. The summed E-state index contributed by atoms with van der Waals surface area (Å²) in [5.41, 5.74) is 9.28. The van der Waals surface area contributed by atoms with Gasteiger partial charge in [-0.1, -0.05) is 12.8 Å². The molecule has 1 aromatic rings. The summed E-state index contributed by atoms with van der Waals surface area (Å²) < 4.78 is 13.1. The standard InChI is InChI=1S/C13H18FN/c1-8-5-11(14)6-9(2)13(8)12(15)7-10-3-4-10/h5-6,10,12H,3-4,7,15H2,1-2H3. The van der Waals surface area contributed by atoms with E-state index in [1.807, 2.05) is 13.8 Å². The minimum atomic E-state index is -0.160. The van der Waals surface area contributed by atoms with Gasteiger partial charge in [-0.2, -0.15) is 0 Å². The van der Waals surface area contributed by atoms with Gasteiger partial charge < -0.3 is 5.73 Å². The van der Waals surface area contributed by atoms with Crippen molar-refractivity contribution in [1.29, 1.82) is 0 Å². The first-order chi connectivity index (χ1) is 7.08. The summed E-state index contributed by atoms with van der Waals surface area (Å²) in [4.78, 5) is 0. The van der Waals surface area contributed by atoms with Gasteiger partial charge in [0, 0.05) is 6.04 Å². The average molecular weight is 207 g/mol. The lowest BCUT2D eigenvalue weighted by atomic mass is 9.93. The Hall–Kier alpha value is -0.890. The zero-order valence-electron chi connectivity index (χ0n) is 9.39. The summed E-state index contributed by atoms with van der Waals surface area (Å²) in [6.45, 7) is 3.89. The molecule has 0 amide bonds. The van der Waals surface area contributed by atoms with E-state index in [1.54, 1.807) is 12.1 Å². The molecule has 0 aliphatic heterocycles. The van der Waals surface area contributed by atoms with Crippen molar-refractivity contribution in [1.82, 2.24) is 0 Å². The molecule has 2 N–H and O–H groups in total. The minimum absolute atomic E-state index is 0.0816. The maximum absolute atomic E-state index is 13.1. The second-order valence-electron chi connectivity index (χ2n) is 4.74. The monoisotopic (exact) mass is 207 g/mol.